The largest absolute Gasteiger partial charge is 0.478 e. The number of amides is 1. The van der Waals surface area contributed by atoms with Gasteiger partial charge in [0.15, 0.2) is 11.9 Å². The molecule has 3 N–H and O–H groups in total. The van der Waals surface area contributed by atoms with Crippen molar-refractivity contribution in [2.45, 2.75) is 13.0 Å². The molecule has 1 atom stereocenters. The molecule has 1 rings (SSSR count). The zero-order valence-corrected chi connectivity index (χ0v) is 9.32. The molecule has 0 heterocycles. The van der Waals surface area contributed by atoms with Crippen molar-refractivity contribution in [2.24, 2.45) is 5.73 Å². The minimum Gasteiger partial charge on any atom is -0.478 e. The third-order valence-electron chi connectivity index (χ3n) is 2.11. The minimum atomic E-state index is -1.26. The van der Waals surface area contributed by atoms with E-state index < -0.39 is 28.6 Å². The van der Waals surface area contributed by atoms with Crippen LogP contribution in [0.2, 0.25) is 0 Å². The van der Waals surface area contributed by atoms with Gasteiger partial charge in [-0.05, 0) is 13.0 Å². The summed E-state index contributed by atoms with van der Waals surface area (Å²) in [6, 6.07) is 3.04. The molecule has 0 fully saturated rings. The predicted octanol–water partition coefficient (Wildman–Crippen LogP) is 0.546. The Morgan fingerprint density at radius 3 is 2.56 bits per heavy atom. The van der Waals surface area contributed by atoms with E-state index >= 15 is 0 Å². The second kappa shape index (κ2) is 5.13. The summed E-state index contributed by atoms with van der Waals surface area (Å²) in [5.74, 6) is -2.39. The van der Waals surface area contributed by atoms with Crippen LogP contribution in [0.1, 0.15) is 17.3 Å². The lowest BCUT2D eigenvalue weighted by Crippen LogP contribution is -2.30. The van der Waals surface area contributed by atoms with E-state index in [0.717, 1.165) is 18.2 Å². The maximum absolute atomic E-state index is 10.8. The Kier molecular flexibility index (Phi) is 3.82. The SMILES string of the molecule is CC(Oc1cc(C(=O)O)ccc1[N+](=O)[O-])C(N)=O. The Bertz CT molecular complexity index is 513. The first-order chi connectivity index (χ1) is 8.32. The smallest absolute Gasteiger partial charge is 0.335 e. The summed E-state index contributed by atoms with van der Waals surface area (Å²) >= 11 is 0. The van der Waals surface area contributed by atoms with Gasteiger partial charge in [-0.3, -0.25) is 14.9 Å². The Labute approximate surface area is 101 Å². The van der Waals surface area contributed by atoms with Crippen molar-refractivity contribution in [1.82, 2.24) is 0 Å². The third kappa shape index (κ3) is 2.94. The number of nitrogens with zero attached hydrogens (tertiary/aromatic N) is 1. The van der Waals surface area contributed by atoms with Crippen molar-refractivity contribution in [3.8, 4) is 5.75 Å². The summed E-state index contributed by atoms with van der Waals surface area (Å²) in [5, 5.41) is 19.5. The first kappa shape index (κ1) is 13.4. The molecular formula is C10H10N2O6. The van der Waals surface area contributed by atoms with Gasteiger partial charge in [-0.2, -0.15) is 0 Å². The average molecular weight is 254 g/mol. The van der Waals surface area contributed by atoms with Crippen LogP contribution < -0.4 is 10.5 Å². The molecule has 18 heavy (non-hydrogen) atoms. The number of nitro groups is 1. The van der Waals surface area contributed by atoms with Gasteiger partial charge in [-0.15, -0.1) is 0 Å². The lowest BCUT2D eigenvalue weighted by atomic mass is 10.2. The topological polar surface area (TPSA) is 133 Å². The molecule has 1 unspecified atom stereocenters. The number of hydrogen-bond acceptors (Lipinski definition) is 5. The molecular weight excluding hydrogens is 244 g/mol. The first-order valence-electron chi connectivity index (χ1n) is 4.80. The van der Waals surface area contributed by atoms with Crippen LogP contribution in [0.4, 0.5) is 5.69 Å². The fourth-order valence-corrected chi connectivity index (χ4v) is 1.14. The number of carbonyl (C=O) groups is 2. The van der Waals surface area contributed by atoms with E-state index in [4.69, 9.17) is 15.6 Å². The first-order valence-corrected chi connectivity index (χ1v) is 4.80. The molecule has 0 aliphatic rings. The van der Waals surface area contributed by atoms with Gasteiger partial charge in [0.2, 0.25) is 0 Å². The van der Waals surface area contributed by atoms with Crippen LogP contribution in [-0.2, 0) is 4.79 Å². The van der Waals surface area contributed by atoms with Crippen LogP contribution in [0, 0.1) is 10.1 Å². The molecule has 0 bridgehead atoms. The second-order valence-corrected chi connectivity index (χ2v) is 3.41. The van der Waals surface area contributed by atoms with Crippen LogP contribution in [0.5, 0.6) is 5.75 Å². The normalized spacial score (nSPS) is 11.6. The monoisotopic (exact) mass is 254 g/mol. The van der Waals surface area contributed by atoms with E-state index in [2.05, 4.69) is 0 Å². The molecule has 0 aliphatic heterocycles. The van der Waals surface area contributed by atoms with Crippen molar-refractivity contribution >= 4 is 17.6 Å². The molecule has 0 spiro atoms. The number of benzene rings is 1. The van der Waals surface area contributed by atoms with Crippen molar-refractivity contribution in [1.29, 1.82) is 0 Å². The Morgan fingerprint density at radius 2 is 2.11 bits per heavy atom. The van der Waals surface area contributed by atoms with Gasteiger partial charge in [0.25, 0.3) is 5.91 Å². The van der Waals surface area contributed by atoms with E-state index in [1.807, 2.05) is 0 Å². The molecule has 0 saturated heterocycles. The van der Waals surface area contributed by atoms with Gasteiger partial charge in [0.05, 0.1) is 10.5 Å². The van der Waals surface area contributed by atoms with Crippen LogP contribution in [0.15, 0.2) is 18.2 Å². The van der Waals surface area contributed by atoms with Gasteiger partial charge in [-0.25, -0.2) is 4.79 Å². The standard InChI is InChI=1S/C10H10N2O6/c1-5(9(11)13)18-8-4-6(10(14)15)2-3-7(8)12(16)17/h2-5H,1H3,(H2,11,13)(H,14,15). The number of nitro benzene ring substituents is 1. The summed E-state index contributed by atoms with van der Waals surface area (Å²) in [4.78, 5) is 31.5. The van der Waals surface area contributed by atoms with Gasteiger partial charge in [-0.1, -0.05) is 0 Å². The van der Waals surface area contributed by atoms with Gasteiger partial charge in [0, 0.05) is 12.1 Å². The zero-order chi connectivity index (χ0) is 13.9. The van der Waals surface area contributed by atoms with E-state index in [0.29, 0.717) is 0 Å². The van der Waals surface area contributed by atoms with Gasteiger partial charge in [0.1, 0.15) is 0 Å². The van der Waals surface area contributed by atoms with Gasteiger partial charge < -0.3 is 15.6 Å². The van der Waals surface area contributed by atoms with Crippen LogP contribution in [0.3, 0.4) is 0 Å². The molecule has 0 aliphatic carbocycles. The summed E-state index contributed by atoms with van der Waals surface area (Å²) < 4.78 is 4.98. The predicted molar refractivity (Wildman–Crippen MR) is 59.3 cm³/mol. The van der Waals surface area contributed by atoms with Crippen LogP contribution in [0.25, 0.3) is 0 Å². The summed E-state index contributed by atoms with van der Waals surface area (Å²) in [6.45, 7) is 1.31. The Hall–Kier alpha value is -2.64. The maximum Gasteiger partial charge on any atom is 0.335 e. The molecule has 0 radical (unpaired) electrons. The molecule has 8 heteroatoms. The molecule has 0 aromatic heterocycles. The second-order valence-electron chi connectivity index (χ2n) is 3.41. The number of ether oxygens (including phenoxy) is 1. The third-order valence-corrected chi connectivity index (χ3v) is 2.11. The summed E-state index contributed by atoms with van der Waals surface area (Å²) in [6.07, 6.45) is -1.10. The molecule has 1 amide bonds. The number of carbonyl (C=O) groups excluding carboxylic acids is 1. The number of carboxylic acid groups (broad SMARTS) is 1. The highest BCUT2D eigenvalue weighted by molar-refractivity contribution is 5.88. The van der Waals surface area contributed by atoms with Crippen molar-refractivity contribution in [3.05, 3.63) is 33.9 Å². The number of hydrogen-bond donors (Lipinski definition) is 2. The maximum atomic E-state index is 10.8. The number of nitrogens with two attached hydrogens (primary N) is 1. The van der Waals surface area contributed by atoms with Crippen molar-refractivity contribution in [3.63, 3.8) is 0 Å². The molecule has 1 aromatic rings. The Balaban J connectivity index is 3.19. The van der Waals surface area contributed by atoms with E-state index in [1.165, 1.54) is 6.92 Å². The fraction of sp³-hybridized carbons (Fsp3) is 0.200. The highest BCUT2D eigenvalue weighted by atomic mass is 16.6. The number of rotatable bonds is 5. The average Bonchev–Trinajstić information content (AvgIpc) is 2.28. The number of aromatic carboxylic acids is 1. The summed E-state index contributed by atoms with van der Waals surface area (Å²) in [7, 11) is 0. The highest BCUT2D eigenvalue weighted by Crippen LogP contribution is 2.28. The quantitative estimate of drug-likeness (QED) is 0.582. The Morgan fingerprint density at radius 1 is 1.50 bits per heavy atom. The van der Waals surface area contributed by atoms with E-state index in [1.54, 1.807) is 0 Å². The molecule has 1 aromatic carbocycles. The van der Waals surface area contributed by atoms with E-state index in [-0.39, 0.29) is 11.3 Å². The van der Waals surface area contributed by atoms with E-state index in [9.17, 15) is 19.7 Å². The van der Waals surface area contributed by atoms with Crippen LogP contribution >= 0.6 is 0 Å². The molecule has 8 nitrogen and oxygen atoms in total. The van der Waals surface area contributed by atoms with Crippen molar-refractivity contribution < 1.29 is 24.4 Å². The van der Waals surface area contributed by atoms with Gasteiger partial charge >= 0.3 is 11.7 Å². The molecule has 0 saturated carbocycles. The van der Waals surface area contributed by atoms with Crippen LogP contribution in [-0.4, -0.2) is 28.0 Å². The lowest BCUT2D eigenvalue weighted by Gasteiger charge is -2.11. The number of carboxylic acids is 1. The van der Waals surface area contributed by atoms with Crippen molar-refractivity contribution in [2.75, 3.05) is 0 Å². The zero-order valence-electron chi connectivity index (χ0n) is 9.32. The summed E-state index contributed by atoms with van der Waals surface area (Å²) in [5.41, 5.74) is 4.33. The lowest BCUT2D eigenvalue weighted by molar-refractivity contribution is -0.386. The fourth-order valence-electron chi connectivity index (χ4n) is 1.14. The number of primary amides is 1. The highest BCUT2D eigenvalue weighted by Gasteiger charge is 2.21. The molecule has 96 valence electrons. The minimum absolute atomic E-state index is 0.188.